The van der Waals surface area contributed by atoms with Crippen molar-refractivity contribution >= 4 is 38.6 Å². The van der Waals surface area contributed by atoms with Crippen molar-refractivity contribution in [1.82, 2.24) is 0 Å². The molecule has 0 atom stereocenters. The Kier molecular flexibility index (Phi) is 4.41. The molecule has 0 unspecified atom stereocenters. The molecule has 0 radical (unpaired) electrons. The second-order valence-electron chi connectivity index (χ2n) is 5.43. The Hall–Kier alpha value is -1.86. The number of aryl methyl sites for hydroxylation is 1. The Labute approximate surface area is 140 Å². The number of nitrogens with zero attached hydrogens (tertiary/aromatic N) is 1. The van der Waals surface area contributed by atoms with Gasteiger partial charge in [0.05, 0.1) is 0 Å². The third kappa shape index (κ3) is 3.25. The zero-order valence-electron chi connectivity index (χ0n) is 12.8. The van der Waals surface area contributed by atoms with E-state index in [0.717, 1.165) is 17.7 Å². The Morgan fingerprint density at radius 3 is 2.78 bits per heavy atom. The molecule has 1 amide bonds. The smallest absolute Gasteiger partial charge is 0.271 e. The molecule has 1 N–H and O–H groups in total. The number of carbonyl (C=O) groups is 1. The van der Waals surface area contributed by atoms with E-state index in [-0.39, 0.29) is 10.1 Å². The highest BCUT2D eigenvalue weighted by atomic mass is 32.2. The van der Waals surface area contributed by atoms with Crippen molar-refractivity contribution in [3.63, 3.8) is 0 Å². The predicted octanol–water partition coefficient (Wildman–Crippen LogP) is 3.24. The summed E-state index contributed by atoms with van der Waals surface area (Å²) in [5.41, 5.74) is 2.43. The number of hydrogen-bond donors (Lipinski definition) is 1. The van der Waals surface area contributed by atoms with Crippen LogP contribution in [0.4, 0.5) is 11.4 Å². The first kappa shape index (κ1) is 16.0. The van der Waals surface area contributed by atoms with E-state index in [1.165, 1.54) is 11.3 Å². The highest BCUT2D eigenvalue weighted by Gasteiger charge is 2.24. The quantitative estimate of drug-likeness (QED) is 0.900. The fourth-order valence-corrected chi connectivity index (χ4v) is 4.76. The zero-order valence-corrected chi connectivity index (χ0v) is 14.4. The van der Waals surface area contributed by atoms with E-state index in [1.807, 2.05) is 19.1 Å². The fraction of sp³-hybridized carbons (Fsp3) is 0.312. The topological polar surface area (TPSA) is 66.5 Å². The number of hydrogen-bond acceptors (Lipinski definition) is 4. The van der Waals surface area contributed by atoms with E-state index in [2.05, 4.69) is 4.72 Å². The number of sulfonamides is 1. The van der Waals surface area contributed by atoms with Crippen LogP contribution in [0.15, 0.2) is 39.9 Å². The number of rotatable bonds is 5. The maximum Gasteiger partial charge on any atom is 0.271 e. The van der Waals surface area contributed by atoms with Crippen LogP contribution in [-0.4, -0.2) is 20.9 Å². The van der Waals surface area contributed by atoms with Gasteiger partial charge >= 0.3 is 0 Å². The molecule has 2 heterocycles. The summed E-state index contributed by atoms with van der Waals surface area (Å²) in [6, 6.07) is 8.66. The molecule has 122 valence electrons. The standard InChI is InChI=1S/C16H18N2O3S2/c1-2-9-18-14-7-6-13(11-12(14)5-8-15(18)19)17-23(20,21)16-4-3-10-22-16/h3-4,6-7,10-11,17H,2,5,8-9H2,1H3. The molecule has 3 rings (SSSR count). The summed E-state index contributed by atoms with van der Waals surface area (Å²) in [4.78, 5) is 13.8. The number of benzene rings is 1. The van der Waals surface area contributed by atoms with Crippen LogP contribution in [0, 0.1) is 0 Å². The summed E-state index contributed by atoms with van der Waals surface area (Å²) in [7, 11) is -3.54. The summed E-state index contributed by atoms with van der Waals surface area (Å²) >= 11 is 1.18. The Balaban J connectivity index is 1.88. The van der Waals surface area contributed by atoms with Gasteiger partial charge in [-0.1, -0.05) is 13.0 Å². The lowest BCUT2D eigenvalue weighted by atomic mass is 10.0. The van der Waals surface area contributed by atoms with E-state index in [4.69, 9.17) is 0 Å². The van der Waals surface area contributed by atoms with Gasteiger partial charge in [0.2, 0.25) is 5.91 Å². The van der Waals surface area contributed by atoms with Gasteiger partial charge in [-0.3, -0.25) is 9.52 Å². The maximum absolute atomic E-state index is 12.3. The van der Waals surface area contributed by atoms with Gasteiger partial charge < -0.3 is 4.90 Å². The number of anilines is 2. The molecule has 1 aromatic carbocycles. The van der Waals surface area contributed by atoms with Gasteiger partial charge in [-0.2, -0.15) is 0 Å². The van der Waals surface area contributed by atoms with E-state index in [1.54, 1.807) is 28.5 Å². The van der Waals surface area contributed by atoms with E-state index in [0.29, 0.717) is 25.1 Å². The molecule has 1 aliphatic rings. The van der Waals surface area contributed by atoms with Gasteiger partial charge in [0.25, 0.3) is 10.0 Å². The molecule has 5 nitrogen and oxygen atoms in total. The van der Waals surface area contributed by atoms with Crippen LogP contribution in [0.2, 0.25) is 0 Å². The molecule has 0 spiro atoms. The number of carbonyl (C=O) groups excluding carboxylic acids is 1. The fourth-order valence-electron chi connectivity index (χ4n) is 2.71. The van der Waals surface area contributed by atoms with E-state index >= 15 is 0 Å². The molecular weight excluding hydrogens is 332 g/mol. The Morgan fingerprint density at radius 2 is 2.09 bits per heavy atom. The third-order valence-corrected chi connectivity index (χ3v) is 6.52. The van der Waals surface area contributed by atoms with Gasteiger partial charge in [-0.25, -0.2) is 8.42 Å². The number of fused-ring (bicyclic) bond motifs is 1. The monoisotopic (exact) mass is 350 g/mol. The largest absolute Gasteiger partial charge is 0.312 e. The Bertz CT molecular complexity index is 814. The van der Waals surface area contributed by atoms with Crippen molar-refractivity contribution < 1.29 is 13.2 Å². The average molecular weight is 350 g/mol. The van der Waals surface area contributed by atoms with Gasteiger partial charge in [-0.15, -0.1) is 11.3 Å². The van der Waals surface area contributed by atoms with Gasteiger partial charge in [-0.05, 0) is 48.1 Å². The summed E-state index contributed by atoms with van der Waals surface area (Å²) < 4.78 is 27.5. The second-order valence-corrected chi connectivity index (χ2v) is 8.28. The molecule has 0 saturated heterocycles. The molecule has 1 aromatic heterocycles. The van der Waals surface area contributed by atoms with Crippen molar-refractivity contribution in [2.75, 3.05) is 16.2 Å². The summed E-state index contributed by atoms with van der Waals surface area (Å²) in [5.74, 6) is 0.131. The summed E-state index contributed by atoms with van der Waals surface area (Å²) in [6.45, 7) is 2.72. The predicted molar refractivity (Wildman–Crippen MR) is 92.5 cm³/mol. The number of nitrogens with one attached hydrogen (secondary N) is 1. The van der Waals surface area contributed by atoms with Crippen LogP contribution >= 0.6 is 11.3 Å². The molecule has 23 heavy (non-hydrogen) atoms. The van der Waals surface area contributed by atoms with Crippen LogP contribution in [0.25, 0.3) is 0 Å². The molecular formula is C16H18N2O3S2. The van der Waals surface area contributed by atoms with Crippen LogP contribution in [0.1, 0.15) is 25.3 Å². The van der Waals surface area contributed by atoms with Crippen molar-refractivity contribution in [3.05, 3.63) is 41.3 Å². The van der Waals surface area contributed by atoms with Crippen molar-refractivity contribution in [2.24, 2.45) is 0 Å². The van der Waals surface area contributed by atoms with Crippen LogP contribution in [-0.2, 0) is 21.2 Å². The minimum Gasteiger partial charge on any atom is -0.312 e. The lowest BCUT2D eigenvalue weighted by Crippen LogP contribution is -2.35. The maximum atomic E-state index is 12.3. The summed E-state index contributed by atoms with van der Waals surface area (Å²) in [6.07, 6.45) is 2.00. The van der Waals surface area contributed by atoms with Gasteiger partial charge in [0, 0.05) is 24.3 Å². The first-order valence-electron chi connectivity index (χ1n) is 7.51. The molecule has 0 aliphatic carbocycles. The highest BCUT2D eigenvalue weighted by Crippen LogP contribution is 2.31. The molecule has 0 fully saturated rings. The van der Waals surface area contributed by atoms with E-state index < -0.39 is 10.0 Å². The SMILES string of the molecule is CCCN1C(=O)CCc2cc(NS(=O)(=O)c3cccs3)ccc21. The minimum absolute atomic E-state index is 0.131. The number of thiophene rings is 1. The van der Waals surface area contributed by atoms with Crippen molar-refractivity contribution in [2.45, 2.75) is 30.4 Å². The molecule has 2 aromatic rings. The van der Waals surface area contributed by atoms with Crippen molar-refractivity contribution in [1.29, 1.82) is 0 Å². The van der Waals surface area contributed by atoms with Crippen molar-refractivity contribution in [3.8, 4) is 0 Å². The zero-order chi connectivity index (χ0) is 16.4. The van der Waals surface area contributed by atoms with Crippen LogP contribution < -0.4 is 9.62 Å². The van der Waals surface area contributed by atoms with E-state index in [9.17, 15) is 13.2 Å². The minimum atomic E-state index is -3.54. The third-order valence-electron chi connectivity index (χ3n) is 3.74. The molecule has 1 aliphatic heterocycles. The van der Waals surface area contributed by atoms with Crippen LogP contribution in [0.5, 0.6) is 0 Å². The van der Waals surface area contributed by atoms with Gasteiger partial charge in [0.1, 0.15) is 4.21 Å². The molecule has 0 bridgehead atoms. The summed E-state index contributed by atoms with van der Waals surface area (Å²) in [5, 5.41) is 1.73. The lowest BCUT2D eigenvalue weighted by molar-refractivity contribution is -0.118. The van der Waals surface area contributed by atoms with Crippen LogP contribution in [0.3, 0.4) is 0 Å². The average Bonchev–Trinajstić information content (AvgIpc) is 3.05. The highest BCUT2D eigenvalue weighted by molar-refractivity contribution is 7.94. The first-order chi connectivity index (χ1) is 11.0. The van der Waals surface area contributed by atoms with Gasteiger partial charge in [0.15, 0.2) is 0 Å². The second kappa shape index (κ2) is 6.33. The molecule has 0 saturated carbocycles. The molecule has 7 heteroatoms. The number of amides is 1. The lowest BCUT2D eigenvalue weighted by Gasteiger charge is -2.29. The normalized spacial score (nSPS) is 14.7. The Morgan fingerprint density at radius 1 is 1.26 bits per heavy atom. The first-order valence-corrected chi connectivity index (χ1v) is 9.87.